The molecule has 0 saturated heterocycles. The first-order valence-corrected chi connectivity index (χ1v) is 7.34. The van der Waals surface area contributed by atoms with Gasteiger partial charge < -0.3 is 10.2 Å². The number of nitrogens with one attached hydrogen (secondary N) is 1. The number of rotatable bonds is 3. The van der Waals surface area contributed by atoms with Crippen LogP contribution >= 0.6 is 0 Å². The highest BCUT2D eigenvalue weighted by atomic mass is 16.1. The quantitative estimate of drug-likeness (QED) is 0.868. The van der Waals surface area contributed by atoms with Gasteiger partial charge in [0.15, 0.2) is 5.78 Å². The molecule has 0 amide bonds. The zero-order valence-corrected chi connectivity index (χ0v) is 12.5. The zero-order valence-electron chi connectivity index (χ0n) is 12.5. The summed E-state index contributed by atoms with van der Waals surface area (Å²) in [7, 11) is 0. The van der Waals surface area contributed by atoms with E-state index in [-0.39, 0.29) is 5.78 Å². The summed E-state index contributed by atoms with van der Waals surface area (Å²) >= 11 is 0. The van der Waals surface area contributed by atoms with Crippen molar-refractivity contribution in [2.24, 2.45) is 0 Å². The number of carbonyl (C=O) groups is 1. The molecular weight excluding hydrogens is 272 g/mol. The average Bonchev–Trinajstić information content (AvgIpc) is 2.57. The van der Waals surface area contributed by atoms with Crippen LogP contribution in [-0.2, 0) is 4.79 Å². The first-order valence-electron chi connectivity index (χ1n) is 7.34. The van der Waals surface area contributed by atoms with Crippen LogP contribution in [0.1, 0.15) is 6.92 Å². The van der Waals surface area contributed by atoms with Crippen molar-refractivity contribution in [1.29, 1.82) is 0 Å². The number of nitrogens with zero attached hydrogens (tertiary/aromatic N) is 1. The molecule has 1 aliphatic rings. The van der Waals surface area contributed by atoms with Crippen LogP contribution in [0.25, 0.3) is 0 Å². The van der Waals surface area contributed by atoms with E-state index >= 15 is 0 Å². The molecule has 1 aliphatic heterocycles. The third kappa shape index (κ3) is 2.93. The number of ketones is 1. The van der Waals surface area contributed by atoms with Crippen molar-refractivity contribution in [3.63, 3.8) is 0 Å². The lowest BCUT2D eigenvalue weighted by atomic mass is 10.1. The summed E-state index contributed by atoms with van der Waals surface area (Å²) in [6, 6.07) is 20.0. The lowest BCUT2D eigenvalue weighted by Crippen LogP contribution is -2.35. The van der Waals surface area contributed by atoms with Crippen LogP contribution in [0.5, 0.6) is 0 Å². The highest BCUT2D eigenvalue weighted by Crippen LogP contribution is 2.25. The molecule has 0 saturated carbocycles. The van der Waals surface area contributed by atoms with Gasteiger partial charge >= 0.3 is 0 Å². The smallest absolute Gasteiger partial charge is 0.186 e. The Morgan fingerprint density at radius 1 is 1.00 bits per heavy atom. The van der Waals surface area contributed by atoms with E-state index in [9.17, 15) is 4.79 Å². The van der Waals surface area contributed by atoms with E-state index in [1.165, 1.54) is 0 Å². The molecule has 110 valence electrons. The van der Waals surface area contributed by atoms with E-state index in [0.29, 0.717) is 6.54 Å². The highest BCUT2D eigenvalue weighted by molar-refractivity contribution is 6.07. The van der Waals surface area contributed by atoms with Gasteiger partial charge in [-0.1, -0.05) is 42.5 Å². The van der Waals surface area contributed by atoms with E-state index in [2.05, 4.69) is 10.2 Å². The second-order valence-electron chi connectivity index (χ2n) is 5.12. The fraction of sp³-hybridized carbons (Fsp3) is 0.105. The Balaban J connectivity index is 1.97. The van der Waals surface area contributed by atoms with Gasteiger partial charge in [0.1, 0.15) is 5.82 Å². The van der Waals surface area contributed by atoms with Gasteiger partial charge in [0.2, 0.25) is 0 Å². The third-order valence-electron chi connectivity index (χ3n) is 3.67. The molecule has 0 radical (unpaired) electrons. The second-order valence-corrected chi connectivity index (χ2v) is 5.12. The number of carbonyl (C=O) groups excluding carboxylic acids is 1. The zero-order chi connectivity index (χ0) is 15.4. The van der Waals surface area contributed by atoms with Gasteiger partial charge in [-0.3, -0.25) is 4.79 Å². The van der Waals surface area contributed by atoms with E-state index in [1.807, 2.05) is 73.7 Å². The minimum absolute atomic E-state index is 0.0631. The number of hydrogen-bond donors (Lipinski definition) is 1. The van der Waals surface area contributed by atoms with Crippen LogP contribution in [0.3, 0.4) is 0 Å². The molecule has 3 nitrogen and oxygen atoms in total. The summed E-state index contributed by atoms with van der Waals surface area (Å²) in [5, 5.41) is 3.34. The molecule has 0 spiro atoms. The Bertz CT molecular complexity index is 718. The summed E-state index contributed by atoms with van der Waals surface area (Å²) in [6.45, 7) is 2.48. The summed E-state index contributed by atoms with van der Waals surface area (Å²) < 4.78 is 0. The Morgan fingerprint density at radius 3 is 2.27 bits per heavy atom. The fourth-order valence-electron chi connectivity index (χ4n) is 2.47. The van der Waals surface area contributed by atoms with Crippen LogP contribution < -0.4 is 10.2 Å². The molecule has 0 unspecified atom stereocenters. The first-order chi connectivity index (χ1) is 10.8. The number of benzene rings is 2. The van der Waals surface area contributed by atoms with Crippen LogP contribution in [-0.4, -0.2) is 12.3 Å². The van der Waals surface area contributed by atoms with Gasteiger partial charge in [-0.05, 0) is 31.2 Å². The van der Waals surface area contributed by atoms with Crippen molar-refractivity contribution in [1.82, 2.24) is 0 Å². The minimum atomic E-state index is 0.0631. The van der Waals surface area contributed by atoms with E-state index < -0.39 is 0 Å². The topological polar surface area (TPSA) is 32.3 Å². The maximum atomic E-state index is 12.2. The van der Waals surface area contributed by atoms with Crippen molar-refractivity contribution in [3.8, 4) is 0 Å². The summed E-state index contributed by atoms with van der Waals surface area (Å²) in [4.78, 5) is 14.3. The predicted octanol–water partition coefficient (Wildman–Crippen LogP) is 3.98. The fourth-order valence-corrected chi connectivity index (χ4v) is 2.47. The standard InChI is InChI=1S/C19H18N2O/c1-2-15-14-21(17-11-7-4-8-12-17)19(13-18(15)22)20-16-9-5-3-6-10-16/h2-13,20H,14H2,1H3/b15-2-. The van der Waals surface area contributed by atoms with Crippen LogP contribution in [0.2, 0.25) is 0 Å². The number of para-hydroxylation sites is 2. The van der Waals surface area contributed by atoms with E-state index in [4.69, 9.17) is 0 Å². The Labute approximate surface area is 130 Å². The molecule has 1 N–H and O–H groups in total. The van der Waals surface area contributed by atoms with Gasteiger partial charge in [-0.15, -0.1) is 0 Å². The monoisotopic (exact) mass is 290 g/mol. The molecule has 1 heterocycles. The van der Waals surface area contributed by atoms with Crippen molar-refractivity contribution in [2.45, 2.75) is 6.92 Å². The van der Waals surface area contributed by atoms with Gasteiger partial charge in [-0.2, -0.15) is 0 Å². The number of hydrogen-bond acceptors (Lipinski definition) is 3. The highest BCUT2D eigenvalue weighted by Gasteiger charge is 2.23. The molecule has 22 heavy (non-hydrogen) atoms. The van der Waals surface area contributed by atoms with Crippen LogP contribution in [0, 0.1) is 0 Å². The summed E-state index contributed by atoms with van der Waals surface area (Å²) in [5.41, 5.74) is 2.83. The molecule has 2 aromatic carbocycles. The van der Waals surface area contributed by atoms with E-state index in [0.717, 1.165) is 22.8 Å². The first kappa shape index (κ1) is 14.1. The van der Waals surface area contributed by atoms with Gasteiger partial charge in [0.25, 0.3) is 0 Å². The van der Waals surface area contributed by atoms with Gasteiger partial charge in [0.05, 0.1) is 6.54 Å². The lowest BCUT2D eigenvalue weighted by Gasteiger charge is -2.32. The molecular formula is C19H18N2O. The van der Waals surface area contributed by atoms with Crippen LogP contribution in [0.4, 0.5) is 11.4 Å². The van der Waals surface area contributed by atoms with E-state index in [1.54, 1.807) is 6.08 Å². The Kier molecular flexibility index (Phi) is 4.05. The SMILES string of the molecule is C/C=C1/CN(c2ccccc2)C(Nc2ccccc2)=CC1=O. The number of anilines is 2. The lowest BCUT2D eigenvalue weighted by molar-refractivity contribution is -0.111. The molecule has 2 aromatic rings. The molecule has 0 fully saturated rings. The summed E-state index contributed by atoms with van der Waals surface area (Å²) in [6.07, 6.45) is 3.55. The van der Waals surface area contributed by atoms with Gasteiger partial charge in [-0.25, -0.2) is 0 Å². The van der Waals surface area contributed by atoms with Crippen molar-refractivity contribution >= 4 is 17.2 Å². The molecule has 0 atom stereocenters. The molecule has 3 rings (SSSR count). The minimum Gasteiger partial charge on any atom is -0.342 e. The maximum Gasteiger partial charge on any atom is 0.186 e. The van der Waals surface area contributed by atoms with Crippen LogP contribution in [0.15, 0.2) is 84.2 Å². The third-order valence-corrected chi connectivity index (χ3v) is 3.67. The number of allylic oxidation sites excluding steroid dienone is 2. The maximum absolute atomic E-state index is 12.2. The normalized spacial score (nSPS) is 16.6. The second kappa shape index (κ2) is 6.31. The predicted molar refractivity (Wildman–Crippen MR) is 90.7 cm³/mol. The van der Waals surface area contributed by atoms with Gasteiger partial charge in [0, 0.05) is 23.0 Å². The Morgan fingerprint density at radius 2 is 1.64 bits per heavy atom. The molecule has 3 heteroatoms. The van der Waals surface area contributed by atoms with Crippen molar-refractivity contribution < 1.29 is 4.79 Å². The largest absolute Gasteiger partial charge is 0.342 e. The molecule has 0 aromatic heterocycles. The molecule has 0 aliphatic carbocycles. The van der Waals surface area contributed by atoms with Crippen molar-refractivity contribution in [2.75, 3.05) is 16.8 Å². The Hall–Kier alpha value is -2.81. The molecule has 0 bridgehead atoms. The van der Waals surface area contributed by atoms with Crippen molar-refractivity contribution in [3.05, 3.63) is 84.2 Å². The average molecular weight is 290 g/mol. The summed E-state index contributed by atoms with van der Waals surface area (Å²) in [5.74, 6) is 0.862.